The van der Waals surface area contributed by atoms with E-state index in [1.807, 2.05) is 6.07 Å². The van der Waals surface area contributed by atoms with E-state index in [0.717, 1.165) is 0 Å². The minimum absolute atomic E-state index is 0. The van der Waals surface area contributed by atoms with Crippen LogP contribution in [0.25, 0.3) is 5.76 Å². The summed E-state index contributed by atoms with van der Waals surface area (Å²) in [5, 5.41) is 0. The SMILES string of the molecule is CC1=[Te][OH+]C(c2ccccc2)=C1.[Br-]. The number of benzene rings is 1. The molecule has 1 radical (unpaired) electrons. The molecule has 13 heavy (non-hydrogen) atoms. The normalized spacial score (nSPS) is 13.9. The van der Waals surface area contributed by atoms with E-state index in [-0.39, 0.29) is 37.8 Å². The van der Waals surface area contributed by atoms with E-state index in [1.165, 1.54) is 14.9 Å². The Labute approximate surface area is 98.7 Å². The molecule has 0 amide bonds. The summed E-state index contributed by atoms with van der Waals surface area (Å²) in [6, 6.07) is 10.4. The first kappa shape index (κ1) is 11.0. The van der Waals surface area contributed by atoms with E-state index in [9.17, 15) is 0 Å². The van der Waals surface area contributed by atoms with Gasteiger partial charge in [-0.1, -0.05) is 0 Å². The fourth-order valence-corrected chi connectivity index (χ4v) is 2.72. The number of aliphatic hydroxyl groups is 1. The predicted octanol–water partition coefficient (Wildman–Crippen LogP) is -1.62. The fourth-order valence-electron chi connectivity index (χ4n) is 1.11. The van der Waals surface area contributed by atoms with Crippen molar-refractivity contribution < 1.29 is 20.1 Å². The van der Waals surface area contributed by atoms with Crippen LogP contribution in [0, 0.1) is 0 Å². The molecular formula is C10H10BrOTe. The van der Waals surface area contributed by atoms with Crippen molar-refractivity contribution in [3.63, 3.8) is 0 Å². The summed E-state index contributed by atoms with van der Waals surface area (Å²) in [7, 11) is 0. The average Bonchev–Trinajstić information content (AvgIpc) is 2.54. The molecular weight excluding hydrogens is 344 g/mol. The van der Waals surface area contributed by atoms with Crippen LogP contribution in [0.1, 0.15) is 12.5 Å². The zero-order valence-corrected chi connectivity index (χ0v) is 11.1. The van der Waals surface area contributed by atoms with Gasteiger partial charge in [0.2, 0.25) is 0 Å². The van der Waals surface area contributed by atoms with Crippen molar-refractivity contribution in [1.82, 2.24) is 0 Å². The van der Waals surface area contributed by atoms with E-state index in [1.54, 1.807) is 0 Å². The molecule has 69 valence electrons. The molecule has 1 aliphatic heterocycles. The molecule has 0 saturated heterocycles. The first-order valence-corrected chi connectivity index (χ1v) is 6.06. The van der Waals surface area contributed by atoms with E-state index >= 15 is 0 Å². The van der Waals surface area contributed by atoms with E-state index in [0.29, 0.717) is 0 Å². The fraction of sp³-hybridized carbons (Fsp3) is 0.100. The maximum absolute atomic E-state index is 4.54. The molecule has 0 fully saturated rings. The van der Waals surface area contributed by atoms with Gasteiger partial charge in [-0.15, -0.1) is 0 Å². The standard InChI is InChI=1S/C10H10OTe.BrH/c1-8-7-10(11-12-8)9-5-3-2-4-6-9;/h2-7,11H,1H3;1H/q+1;/p-1. The van der Waals surface area contributed by atoms with Crippen LogP contribution in [0.3, 0.4) is 0 Å². The summed E-state index contributed by atoms with van der Waals surface area (Å²) < 4.78 is 6.01. The number of halogens is 1. The van der Waals surface area contributed by atoms with Gasteiger partial charge in [0.25, 0.3) is 0 Å². The smallest absolute Gasteiger partial charge is 1.00 e. The van der Waals surface area contributed by atoms with Crippen molar-refractivity contribution in [2.24, 2.45) is 0 Å². The maximum Gasteiger partial charge on any atom is -1.00 e. The molecule has 0 spiro atoms. The second-order valence-corrected chi connectivity index (χ2v) is 5.57. The Hall–Kier alpha value is -0.100. The third-order valence-corrected chi connectivity index (χ3v) is 3.68. The van der Waals surface area contributed by atoms with Crippen molar-refractivity contribution in [2.45, 2.75) is 6.92 Å². The molecule has 3 heteroatoms. The summed E-state index contributed by atoms with van der Waals surface area (Å²) in [5.74, 6) is 1.18. The van der Waals surface area contributed by atoms with Gasteiger partial charge in [-0.25, -0.2) is 0 Å². The summed E-state index contributed by atoms with van der Waals surface area (Å²) in [4.78, 5) is 0. The number of allylic oxidation sites excluding steroid dienone is 1. The van der Waals surface area contributed by atoms with Crippen LogP contribution >= 0.6 is 0 Å². The summed E-state index contributed by atoms with van der Waals surface area (Å²) in [6.07, 6.45) is 2.21. The zero-order valence-electron chi connectivity index (χ0n) is 7.20. The monoisotopic (exact) mass is 355 g/mol. The van der Waals surface area contributed by atoms with Gasteiger partial charge in [0.05, 0.1) is 0 Å². The third kappa shape index (κ3) is 2.67. The van der Waals surface area contributed by atoms with E-state index in [4.69, 9.17) is 0 Å². The van der Waals surface area contributed by atoms with Gasteiger partial charge < -0.3 is 17.0 Å². The Bertz CT molecular complexity index is 343. The predicted molar refractivity (Wildman–Crippen MR) is 53.1 cm³/mol. The molecule has 0 atom stereocenters. The molecule has 0 aromatic heterocycles. The van der Waals surface area contributed by atoms with Gasteiger partial charge in [0, 0.05) is 0 Å². The number of hydrogen-bond acceptors (Lipinski definition) is 0. The Morgan fingerprint density at radius 1 is 1.15 bits per heavy atom. The van der Waals surface area contributed by atoms with Crippen LogP contribution in [0.4, 0.5) is 0 Å². The first-order valence-electron chi connectivity index (χ1n) is 3.85. The molecule has 1 aromatic rings. The van der Waals surface area contributed by atoms with E-state index in [2.05, 4.69) is 40.4 Å². The minimum atomic E-state index is -0.202. The quantitative estimate of drug-likeness (QED) is 0.425. The van der Waals surface area contributed by atoms with Crippen molar-refractivity contribution in [2.75, 3.05) is 0 Å². The average molecular weight is 354 g/mol. The molecule has 1 aromatic carbocycles. The molecule has 0 saturated carbocycles. The van der Waals surface area contributed by atoms with Crippen molar-refractivity contribution in [3.8, 4) is 0 Å². The van der Waals surface area contributed by atoms with Crippen molar-refractivity contribution in [1.29, 1.82) is 0 Å². The van der Waals surface area contributed by atoms with Gasteiger partial charge in [0.1, 0.15) is 0 Å². The van der Waals surface area contributed by atoms with Crippen LogP contribution < -0.4 is 17.0 Å². The first-order chi connectivity index (χ1) is 5.86. The van der Waals surface area contributed by atoms with Crippen LogP contribution in [0.5, 0.6) is 0 Å². The molecule has 1 nitrogen and oxygen atoms in total. The van der Waals surface area contributed by atoms with Gasteiger partial charge in [-0.3, -0.25) is 0 Å². The molecule has 1 N–H and O–H groups in total. The summed E-state index contributed by atoms with van der Waals surface area (Å²) in [6.45, 7) is 2.17. The maximum atomic E-state index is 4.54. The molecule has 0 aliphatic carbocycles. The zero-order chi connectivity index (χ0) is 8.39. The topological polar surface area (TPSA) is 12.8 Å². The van der Waals surface area contributed by atoms with Gasteiger partial charge >= 0.3 is 82.2 Å². The van der Waals surface area contributed by atoms with Crippen LogP contribution in [0.2, 0.25) is 0 Å². The third-order valence-electron chi connectivity index (χ3n) is 1.70. The van der Waals surface area contributed by atoms with Crippen LogP contribution in [0.15, 0.2) is 36.4 Å². The van der Waals surface area contributed by atoms with Gasteiger partial charge in [-0.05, 0) is 0 Å². The van der Waals surface area contributed by atoms with Crippen molar-refractivity contribution in [3.05, 3.63) is 42.0 Å². The number of rotatable bonds is 1. The molecule has 0 unspecified atom stereocenters. The van der Waals surface area contributed by atoms with Gasteiger partial charge in [0.15, 0.2) is 0 Å². The Balaban J connectivity index is 0.000000845. The second kappa shape index (κ2) is 4.95. The van der Waals surface area contributed by atoms with Crippen molar-refractivity contribution >= 4 is 30.2 Å². The Morgan fingerprint density at radius 2 is 1.85 bits per heavy atom. The van der Waals surface area contributed by atoms with Gasteiger partial charge in [-0.2, -0.15) is 0 Å². The number of hydrogen-bond donors (Lipinski definition) is 0. The van der Waals surface area contributed by atoms with Crippen LogP contribution in [-0.4, -0.2) is 27.5 Å². The Morgan fingerprint density at radius 3 is 2.38 bits per heavy atom. The molecule has 2 rings (SSSR count). The largest absolute Gasteiger partial charge is 1.00 e. The summed E-state index contributed by atoms with van der Waals surface area (Å²) >= 11 is -0.202. The Kier molecular flexibility index (Phi) is 4.18. The molecule has 0 bridgehead atoms. The van der Waals surface area contributed by atoms with Crippen LogP contribution in [-0.2, 0) is 0 Å². The molecule has 1 heterocycles. The molecule has 1 aliphatic rings. The minimum Gasteiger partial charge on any atom is -1.00 e. The second-order valence-electron chi connectivity index (χ2n) is 2.69. The van der Waals surface area contributed by atoms with E-state index < -0.39 is 0 Å². The summed E-state index contributed by atoms with van der Waals surface area (Å²) in [5.41, 5.74) is 1.25.